The topological polar surface area (TPSA) is 49.6 Å². The Morgan fingerprint density at radius 1 is 1.36 bits per heavy atom. The van der Waals surface area contributed by atoms with Crippen molar-refractivity contribution in [3.8, 4) is 0 Å². The van der Waals surface area contributed by atoms with E-state index in [0.29, 0.717) is 0 Å². The lowest BCUT2D eigenvalue weighted by Gasteiger charge is -2.38. The highest BCUT2D eigenvalue weighted by Crippen LogP contribution is 2.23. The van der Waals surface area contributed by atoms with Crippen LogP contribution in [0.25, 0.3) is 0 Å². The Labute approximate surface area is 148 Å². The number of hydrogen-bond acceptors (Lipinski definition) is 4. The summed E-state index contributed by atoms with van der Waals surface area (Å²) < 4.78 is 0.831. The van der Waals surface area contributed by atoms with Gasteiger partial charge in [-0.2, -0.15) is 0 Å². The molecule has 2 rings (SSSR count). The van der Waals surface area contributed by atoms with Crippen molar-refractivity contribution in [3.05, 3.63) is 21.3 Å². The molecule has 1 aromatic rings. The minimum absolute atomic E-state index is 0. The minimum Gasteiger partial charge on any atom is -0.339 e. The molecule has 0 saturated carbocycles. The third-order valence-corrected chi connectivity index (χ3v) is 5.14. The van der Waals surface area contributed by atoms with Crippen molar-refractivity contribution < 1.29 is 4.79 Å². The molecule has 1 aliphatic heterocycles. The number of rotatable bonds is 5. The molecule has 1 fully saturated rings. The van der Waals surface area contributed by atoms with Crippen molar-refractivity contribution in [2.75, 3.05) is 26.2 Å². The van der Waals surface area contributed by atoms with Gasteiger partial charge in [0.25, 0.3) is 0 Å². The smallest absolute Gasteiger partial charge is 0.242 e. The Morgan fingerprint density at radius 2 is 2.00 bits per heavy atom. The predicted molar refractivity (Wildman–Crippen MR) is 95.9 cm³/mol. The van der Waals surface area contributed by atoms with Gasteiger partial charge in [0, 0.05) is 37.6 Å². The molecule has 0 aromatic carbocycles. The predicted octanol–water partition coefficient (Wildman–Crippen LogP) is 2.99. The monoisotopic (exact) mass is 365 g/mol. The molecule has 1 saturated heterocycles. The molecule has 126 valence electrons. The van der Waals surface area contributed by atoms with Gasteiger partial charge in [0.15, 0.2) is 0 Å². The Morgan fingerprint density at radius 3 is 2.50 bits per heavy atom. The number of nitrogens with two attached hydrogens (primary N) is 1. The van der Waals surface area contributed by atoms with Crippen molar-refractivity contribution in [3.63, 3.8) is 0 Å². The average Bonchev–Trinajstić information content (AvgIpc) is 2.84. The highest BCUT2D eigenvalue weighted by atomic mass is 35.5. The van der Waals surface area contributed by atoms with Crippen LogP contribution in [0.1, 0.15) is 31.6 Å². The highest BCUT2D eigenvalue weighted by molar-refractivity contribution is 7.16. The van der Waals surface area contributed by atoms with Gasteiger partial charge in [0.05, 0.1) is 9.88 Å². The van der Waals surface area contributed by atoms with Crippen LogP contribution in [-0.4, -0.2) is 47.4 Å². The van der Waals surface area contributed by atoms with E-state index in [0.717, 1.165) is 49.9 Å². The van der Waals surface area contributed by atoms with Gasteiger partial charge in [0.1, 0.15) is 0 Å². The van der Waals surface area contributed by atoms with Crippen LogP contribution in [0.4, 0.5) is 0 Å². The first kappa shape index (κ1) is 19.7. The highest BCUT2D eigenvalue weighted by Gasteiger charge is 2.33. The van der Waals surface area contributed by atoms with Crippen LogP contribution in [0.15, 0.2) is 12.1 Å². The zero-order chi connectivity index (χ0) is 15.5. The maximum absolute atomic E-state index is 12.4. The van der Waals surface area contributed by atoms with Gasteiger partial charge in [-0.05, 0) is 25.5 Å². The van der Waals surface area contributed by atoms with E-state index in [1.807, 2.05) is 17.9 Å². The summed E-state index contributed by atoms with van der Waals surface area (Å²) in [6.07, 6.45) is 1.66. The number of carbonyl (C=O) groups is 1. The van der Waals surface area contributed by atoms with Gasteiger partial charge in [-0.1, -0.05) is 24.9 Å². The van der Waals surface area contributed by atoms with Crippen LogP contribution in [0.3, 0.4) is 0 Å². The molecular formula is C15H25Cl2N3OS. The number of thiophene rings is 1. The number of carbonyl (C=O) groups excluding carboxylic acids is 1. The molecule has 1 unspecified atom stereocenters. The Balaban J connectivity index is 0.00000242. The lowest BCUT2D eigenvalue weighted by atomic mass is 9.95. The number of amides is 1. The summed E-state index contributed by atoms with van der Waals surface area (Å²) in [4.78, 5) is 18.0. The number of hydrogen-bond donors (Lipinski definition) is 1. The van der Waals surface area contributed by atoms with Crippen LogP contribution in [0.5, 0.6) is 0 Å². The van der Waals surface area contributed by atoms with E-state index in [1.165, 1.54) is 4.88 Å². The van der Waals surface area contributed by atoms with E-state index in [9.17, 15) is 4.79 Å². The van der Waals surface area contributed by atoms with Crippen LogP contribution in [-0.2, 0) is 11.3 Å². The fourth-order valence-electron chi connectivity index (χ4n) is 2.75. The van der Waals surface area contributed by atoms with Crippen LogP contribution >= 0.6 is 35.3 Å². The van der Waals surface area contributed by atoms with Crippen molar-refractivity contribution in [1.29, 1.82) is 0 Å². The molecule has 0 bridgehead atoms. The molecule has 1 aromatic heterocycles. The van der Waals surface area contributed by atoms with Gasteiger partial charge in [0.2, 0.25) is 5.91 Å². The van der Waals surface area contributed by atoms with E-state index in [2.05, 4.69) is 17.9 Å². The molecule has 0 radical (unpaired) electrons. The molecule has 0 aliphatic carbocycles. The van der Waals surface area contributed by atoms with E-state index >= 15 is 0 Å². The zero-order valence-electron chi connectivity index (χ0n) is 13.2. The molecule has 0 spiro atoms. The Kier molecular flexibility index (Phi) is 7.62. The Hall–Kier alpha value is -0.330. The lowest BCUT2D eigenvalue weighted by molar-refractivity contribution is -0.138. The van der Waals surface area contributed by atoms with E-state index < -0.39 is 5.54 Å². The van der Waals surface area contributed by atoms with Gasteiger partial charge < -0.3 is 10.6 Å². The van der Waals surface area contributed by atoms with Crippen LogP contribution in [0.2, 0.25) is 4.34 Å². The van der Waals surface area contributed by atoms with Crippen LogP contribution < -0.4 is 5.73 Å². The number of piperazine rings is 1. The van der Waals surface area contributed by atoms with Gasteiger partial charge in [-0.3, -0.25) is 9.69 Å². The second-order valence-electron chi connectivity index (χ2n) is 5.94. The average molecular weight is 366 g/mol. The minimum atomic E-state index is -0.724. The van der Waals surface area contributed by atoms with E-state index in [-0.39, 0.29) is 18.3 Å². The van der Waals surface area contributed by atoms with Gasteiger partial charge in [-0.15, -0.1) is 23.7 Å². The van der Waals surface area contributed by atoms with Crippen LogP contribution in [0, 0.1) is 0 Å². The van der Waals surface area contributed by atoms with Gasteiger partial charge in [-0.25, -0.2) is 0 Å². The molecule has 22 heavy (non-hydrogen) atoms. The molecule has 7 heteroatoms. The lowest BCUT2D eigenvalue weighted by Crippen LogP contribution is -2.58. The third kappa shape index (κ3) is 5.10. The summed E-state index contributed by atoms with van der Waals surface area (Å²) >= 11 is 7.58. The maximum atomic E-state index is 12.4. The molecule has 2 heterocycles. The fourth-order valence-corrected chi connectivity index (χ4v) is 3.88. The quantitative estimate of drug-likeness (QED) is 0.872. The largest absolute Gasteiger partial charge is 0.339 e. The normalized spacial score (nSPS) is 18.6. The van der Waals surface area contributed by atoms with Crippen molar-refractivity contribution >= 4 is 41.3 Å². The van der Waals surface area contributed by atoms with Gasteiger partial charge >= 0.3 is 0 Å². The first-order valence-electron chi connectivity index (χ1n) is 7.47. The summed E-state index contributed by atoms with van der Waals surface area (Å²) in [5, 5.41) is 0. The molecule has 1 atom stereocenters. The zero-order valence-corrected chi connectivity index (χ0v) is 15.6. The number of nitrogens with zero attached hydrogens (tertiary/aromatic N) is 2. The Bertz CT molecular complexity index is 485. The standard InChI is InChI=1S/C15H24ClN3OS.ClH/c1-3-6-15(2,17)14(20)19-9-7-18(8-10-19)11-12-4-5-13(16)21-12;/h4-5H,3,6-11,17H2,1-2H3;1H. The second-order valence-corrected chi connectivity index (χ2v) is 7.74. The van der Waals surface area contributed by atoms with Crippen molar-refractivity contribution in [1.82, 2.24) is 9.80 Å². The first-order valence-corrected chi connectivity index (χ1v) is 8.66. The summed E-state index contributed by atoms with van der Waals surface area (Å²) in [5.74, 6) is 0.0863. The summed E-state index contributed by atoms with van der Waals surface area (Å²) in [7, 11) is 0. The molecule has 4 nitrogen and oxygen atoms in total. The first-order chi connectivity index (χ1) is 9.92. The van der Waals surface area contributed by atoms with Crippen molar-refractivity contribution in [2.45, 2.75) is 38.8 Å². The molecular weight excluding hydrogens is 341 g/mol. The van der Waals surface area contributed by atoms with Crippen molar-refractivity contribution in [2.24, 2.45) is 5.73 Å². The fraction of sp³-hybridized carbons (Fsp3) is 0.667. The SMILES string of the molecule is CCCC(C)(N)C(=O)N1CCN(Cc2ccc(Cl)s2)CC1.Cl. The maximum Gasteiger partial charge on any atom is 0.242 e. The van der Waals surface area contributed by atoms with E-state index in [1.54, 1.807) is 11.3 Å². The molecule has 1 amide bonds. The molecule has 1 aliphatic rings. The third-order valence-electron chi connectivity index (χ3n) is 3.93. The molecule has 2 N–H and O–H groups in total. The summed E-state index contributed by atoms with van der Waals surface area (Å²) in [6, 6.07) is 4.01. The second kappa shape index (κ2) is 8.50. The van der Waals surface area contributed by atoms with E-state index in [4.69, 9.17) is 17.3 Å². The summed E-state index contributed by atoms with van der Waals surface area (Å²) in [6.45, 7) is 8.12. The number of halogens is 2. The summed E-state index contributed by atoms with van der Waals surface area (Å²) in [5.41, 5.74) is 5.42.